The van der Waals surface area contributed by atoms with Crippen molar-refractivity contribution in [1.29, 1.82) is 0 Å². The molecule has 168 valence electrons. The lowest BCUT2D eigenvalue weighted by Gasteiger charge is -2.36. The van der Waals surface area contributed by atoms with Gasteiger partial charge in [-0.3, -0.25) is 9.69 Å². The molecule has 4 heteroatoms. The van der Waals surface area contributed by atoms with Crippen molar-refractivity contribution in [2.24, 2.45) is 0 Å². The summed E-state index contributed by atoms with van der Waals surface area (Å²) in [6.07, 6.45) is 11.6. The molecule has 5 rings (SSSR count). The molecular weight excluding hydrogens is 394 g/mol. The molecule has 2 aliphatic heterocycles. The van der Waals surface area contributed by atoms with Crippen LogP contribution in [0.25, 0.3) is 6.08 Å². The largest absolute Gasteiger partial charge is 0.368 e. The van der Waals surface area contributed by atoms with Crippen LogP contribution in [0.4, 0.5) is 5.69 Å². The standard InChI is InChI=1S/C28H35N3O/c32-28(13-10-23-6-2-1-3-7-23)31-20-18-30(19-21-31)27-12-11-24-14-16-29(17-15-25(24)22-27)26-8-4-5-9-26/h1-3,6-7,10-13,22,26H,4-5,8-9,14-21H2. The molecule has 2 aromatic rings. The molecule has 32 heavy (non-hydrogen) atoms. The lowest BCUT2D eigenvalue weighted by molar-refractivity contribution is -0.126. The fraction of sp³-hybridized carbons (Fsp3) is 0.464. The van der Waals surface area contributed by atoms with E-state index < -0.39 is 0 Å². The Morgan fingerprint density at radius 2 is 1.53 bits per heavy atom. The van der Waals surface area contributed by atoms with Crippen molar-refractivity contribution in [2.45, 2.75) is 44.6 Å². The molecule has 1 saturated carbocycles. The van der Waals surface area contributed by atoms with Crippen LogP contribution >= 0.6 is 0 Å². The quantitative estimate of drug-likeness (QED) is 0.675. The number of hydrogen-bond donors (Lipinski definition) is 0. The number of piperazine rings is 1. The maximum absolute atomic E-state index is 12.6. The highest BCUT2D eigenvalue weighted by molar-refractivity contribution is 5.92. The number of benzene rings is 2. The summed E-state index contributed by atoms with van der Waals surface area (Å²) in [6, 6.07) is 17.9. The van der Waals surface area contributed by atoms with E-state index in [0.717, 1.165) is 37.8 Å². The van der Waals surface area contributed by atoms with E-state index in [4.69, 9.17) is 0 Å². The normalized spacial score (nSPS) is 20.5. The second-order valence-corrected chi connectivity index (χ2v) is 9.48. The van der Waals surface area contributed by atoms with E-state index in [1.165, 1.54) is 68.4 Å². The van der Waals surface area contributed by atoms with Gasteiger partial charge in [-0.15, -0.1) is 0 Å². The molecule has 0 unspecified atom stereocenters. The second kappa shape index (κ2) is 9.91. The zero-order valence-corrected chi connectivity index (χ0v) is 19.1. The first kappa shape index (κ1) is 21.3. The van der Waals surface area contributed by atoms with Crippen LogP contribution in [0.3, 0.4) is 0 Å². The van der Waals surface area contributed by atoms with E-state index in [0.29, 0.717) is 0 Å². The van der Waals surface area contributed by atoms with Crippen molar-refractivity contribution in [1.82, 2.24) is 9.80 Å². The minimum atomic E-state index is 0.113. The first-order valence-electron chi connectivity index (χ1n) is 12.4. The van der Waals surface area contributed by atoms with Gasteiger partial charge in [0.05, 0.1) is 0 Å². The second-order valence-electron chi connectivity index (χ2n) is 9.48. The van der Waals surface area contributed by atoms with Gasteiger partial charge in [-0.1, -0.05) is 49.2 Å². The van der Waals surface area contributed by atoms with Crippen LogP contribution in [0, 0.1) is 0 Å². The van der Waals surface area contributed by atoms with E-state index in [9.17, 15) is 4.79 Å². The highest BCUT2D eigenvalue weighted by Crippen LogP contribution is 2.28. The molecule has 0 bridgehead atoms. The van der Waals surface area contributed by atoms with Gasteiger partial charge in [0.25, 0.3) is 0 Å². The van der Waals surface area contributed by atoms with Gasteiger partial charge in [0.1, 0.15) is 0 Å². The lowest BCUT2D eigenvalue weighted by Crippen LogP contribution is -2.48. The Bertz CT molecular complexity index is 940. The van der Waals surface area contributed by atoms with Crippen molar-refractivity contribution in [2.75, 3.05) is 44.2 Å². The van der Waals surface area contributed by atoms with Crippen molar-refractivity contribution in [3.8, 4) is 0 Å². The first-order valence-corrected chi connectivity index (χ1v) is 12.4. The average molecular weight is 430 g/mol. The third kappa shape index (κ3) is 4.91. The monoisotopic (exact) mass is 429 g/mol. The Hall–Kier alpha value is -2.59. The van der Waals surface area contributed by atoms with Crippen LogP contribution < -0.4 is 4.90 Å². The Kier molecular flexibility index (Phi) is 6.59. The molecule has 2 heterocycles. The zero-order chi connectivity index (χ0) is 21.8. The number of carbonyl (C=O) groups is 1. The van der Waals surface area contributed by atoms with Crippen LogP contribution in [0.5, 0.6) is 0 Å². The van der Waals surface area contributed by atoms with Gasteiger partial charge in [-0.05, 0) is 60.6 Å². The van der Waals surface area contributed by atoms with Gasteiger partial charge in [-0.25, -0.2) is 0 Å². The average Bonchev–Trinajstić information content (AvgIpc) is 3.30. The highest BCUT2D eigenvalue weighted by atomic mass is 16.2. The number of hydrogen-bond acceptors (Lipinski definition) is 3. The van der Waals surface area contributed by atoms with Crippen molar-refractivity contribution >= 4 is 17.7 Å². The number of amides is 1. The summed E-state index contributed by atoms with van der Waals surface area (Å²) < 4.78 is 0. The van der Waals surface area contributed by atoms with Crippen LogP contribution in [0.15, 0.2) is 54.6 Å². The van der Waals surface area contributed by atoms with E-state index in [-0.39, 0.29) is 5.91 Å². The van der Waals surface area contributed by atoms with E-state index >= 15 is 0 Å². The van der Waals surface area contributed by atoms with Gasteiger partial charge in [-0.2, -0.15) is 0 Å². The summed E-state index contributed by atoms with van der Waals surface area (Å²) >= 11 is 0. The van der Waals surface area contributed by atoms with Crippen LogP contribution in [-0.4, -0.2) is 61.0 Å². The Morgan fingerprint density at radius 3 is 2.28 bits per heavy atom. The molecule has 2 fully saturated rings. The predicted octanol–water partition coefficient (Wildman–Crippen LogP) is 4.39. The lowest BCUT2D eigenvalue weighted by atomic mass is 10.0. The molecule has 3 aliphatic rings. The smallest absolute Gasteiger partial charge is 0.246 e. The Balaban J connectivity index is 1.17. The van der Waals surface area contributed by atoms with Gasteiger partial charge in [0.2, 0.25) is 5.91 Å². The SMILES string of the molecule is O=C(C=Cc1ccccc1)N1CCN(c2ccc3c(c2)CCN(C2CCCC2)CC3)CC1. The molecule has 0 N–H and O–H groups in total. The van der Waals surface area contributed by atoms with Gasteiger partial charge < -0.3 is 9.80 Å². The van der Waals surface area contributed by atoms with Crippen LogP contribution in [0.1, 0.15) is 42.4 Å². The van der Waals surface area contributed by atoms with E-state index in [1.54, 1.807) is 6.08 Å². The maximum atomic E-state index is 12.6. The predicted molar refractivity (Wildman–Crippen MR) is 132 cm³/mol. The molecule has 0 radical (unpaired) electrons. The van der Waals surface area contributed by atoms with E-state index in [2.05, 4.69) is 28.0 Å². The highest BCUT2D eigenvalue weighted by Gasteiger charge is 2.25. The Morgan fingerprint density at radius 1 is 0.812 bits per heavy atom. The van der Waals surface area contributed by atoms with Gasteiger partial charge in [0, 0.05) is 57.1 Å². The first-order chi connectivity index (χ1) is 15.8. The number of fused-ring (bicyclic) bond motifs is 1. The summed E-state index contributed by atoms with van der Waals surface area (Å²) in [5.41, 5.74) is 5.46. The molecule has 0 aromatic heterocycles. The number of carbonyl (C=O) groups excluding carboxylic acids is 1. The maximum Gasteiger partial charge on any atom is 0.246 e. The minimum Gasteiger partial charge on any atom is -0.368 e. The molecule has 1 aliphatic carbocycles. The molecular formula is C28H35N3O. The van der Waals surface area contributed by atoms with Crippen molar-refractivity contribution in [3.05, 3.63) is 71.3 Å². The fourth-order valence-corrected chi connectivity index (χ4v) is 5.58. The fourth-order valence-electron chi connectivity index (χ4n) is 5.58. The minimum absolute atomic E-state index is 0.113. The molecule has 0 atom stereocenters. The molecule has 2 aromatic carbocycles. The molecule has 0 spiro atoms. The number of rotatable bonds is 4. The third-order valence-electron chi connectivity index (χ3n) is 7.54. The van der Waals surface area contributed by atoms with Crippen molar-refractivity contribution in [3.63, 3.8) is 0 Å². The van der Waals surface area contributed by atoms with Crippen LogP contribution in [0.2, 0.25) is 0 Å². The zero-order valence-electron chi connectivity index (χ0n) is 19.1. The summed E-state index contributed by atoms with van der Waals surface area (Å²) in [5, 5.41) is 0. The summed E-state index contributed by atoms with van der Waals surface area (Å²) in [5.74, 6) is 0.113. The summed E-state index contributed by atoms with van der Waals surface area (Å²) in [6.45, 7) is 5.79. The number of nitrogens with zero attached hydrogens (tertiary/aromatic N) is 3. The van der Waals surface area contributed by atoms with Gasteiger partial charge >= 0.3 is 0 Å². The topological polar surface area (TPSA) is 26.8 Å². The van der Waals surface area contributed by atoms with Gasteiger partial charge in [0.15, 0.2) is 0 Å². The number of anilines is 1. The summed E-state index contributed by atoms with van der Waals surface area (Å²) in [7, 11) is 0. The third-order valence-corrected chi connectivity index (χ3v) is 7.54. The Labute approximate surface area is 192 Å². The van der Waals surface area contributed by atoms with Crippen LogP contribution in [-0.2, 0) is 17.6 Å². The molecule has 1 amide bonds. The molecule has 1 saturated heterocycles. The molecule has 4 nitrogen and oxygen atoms in total. The van der Waals surface area contributed by atoms with Crippen molar-refractivity contribution < 1.29 is 4.79 Å². The van der Waals surface area contributed by atoms with E-state index in [1.807, 2.05) is 41.3 Å². The summed E-state index contributed by atoms with van der Waals surface area (Å²) in [4.78, 5) is 19.8.